The first-order valence-electron chi connectivity index (χ1n) is 3.03. The minimum absolute atomic E-state index is 0.213. The number of rotatable bonds is 3. The van der Waals surface area contributed by atoms with Gasteiger partial charge in [-0.3, -0.25) is 0 Å². The van der Waals surface area contributed by atoms with Gasteiger partial charge in [0, 0.05) is 0 Å². The second-order valence-electron chi connectivity index (χ2n) is 2.01. The highest BCUT2D eigenvalue weighted by molar-refractivity contribution is 6.02. The van der Waals surface area contributed by atoms with Crippen LogP contribution in [0.1, 0.15) is 13.3 Å². The van der Waals surface area contributed by atoms with E-state index in [2.05, 4.69) is 4.74 Å². The van der Waals surface area contributed by atoms with E-state index in [9.17, 15) is 9.59 Å². The minimum atomic E-state index is -2.39. The molecular weight excluding hydrogens is 152 g/mol. The van der Waals surface area contributed by atoms with Crippen LogP contribution in [0.2, 0.25) is 0 Å². The quantitative estimate of drug-likeness (QED) is 0.427. The summed E-state index contributed by atoms with van der Waals surface area (Å²) in [6.45, 7) is 1.38. The third-order valence-electron chi connectivity index (χ3n) is 1.39. The maximum Gasteiger partial charge on any atom is 0.349 e. The molecule has 1 atom stereocenters. The number of aliphatic hydroxyl groups is 1. The van der Waals surface area contributed by atoms with Crippen molar-refractivity contribution in [1.82, 2.24) is 0 Å². The maximum atomic E-state index is 10.7. The monoisotopic (exact) mass is 162 g/mol. The van der Waals surface area contributed by atoms with Crippen LogP contribution in [0.4, 0.5) is 0 Å². The van der Waals surface area contributed by atoms with Crippen LogP contribution in [0, 0.1) is 0 Å². The fraction of sp³-hybridized carbons (Fsp3) is 0.667. The Balaban J connectivity index is 4.59. The Morgan fingerprint density at radius 2 is 2.00 bits per heavy atom. The predicted molar refractivity (Wildman–Crippen MR) is 34.9 cm³/mol. The molecule has 0 heterocycles. The lowest BCUT2D eigenvalue weighted by molar-refractivity contribution is -0.178. The van der Waals surface area contributed by atoms with Crippen molar-refractivity contribution in [3.05, 3.63) is 0 Å². The number of carboxylic acids is 1. The molecule has 0 aliphatic carbocycles. The molecule has 0 saturated heterocycles. The lowest BCUT2D eigenvalue weighted by Gasteiger charge is -2.17. The average Bonchev–Trinajstić information content (AvgIpc) is 2.01. The average molecular weight is 162 g/mol. The fourth-order valence-corrected chi connectivity index (χ4v) is 0.552. The summed E-state index contributed by atoms with van der Waals surface area (Å²) in [4.78, 5) is 21.0. The van der Waals surface area contributed by atoms with Gasteiger partial charge < -0.3 is 14.9 Å². The molecule has 2 N–H and O–H groups in total. The Labute approximate surface area is 63.6 Å². The largest absolute Gasteiger partial charge is 0.479 e. The zero-order valence-electron chi connectivity index (χ0n) is 6.33. The van der Waals surface area contributed by atoms with E-state index in [0.29, 0.717) is 0 Å². The van der Waals surface area contributed by atoms with Crippen LogP contribution < -0.4 is 0 Å². The standard InChI is InChI=1S/C6H10O5/c1-3-6(10,4(7)8)5(9)11-2/h10H,3H2,1-2H3,(H,7,8). The molecule has 0 radical (unpaired) electrons. The van der Waals surface area contributed by atoms with E-state index in [0.717, 1.165) is 7.11 Å². The molecule has 5 nitrogen and oxygen atoms in total. The van der Waals surface area contributed by atoms with Crippen molar-refractivity contribution in [2.75, 3.05) is 7.11 Å². The first kappa shape index (κ1) is 9.90. The van der Waals surface area contributed by atoms with Crippen LogP contribution in [0.25, 0.3) is 0 Å². The van der Waals surface area contributed by atoms with E-state index in [1.165, 1.54) is 6.92 Å². The molecule has 0 aromatic rings. The van der Waals surface area contributed by atoms with Gasteiger partial charge in [0.1, 0.15) is 0 Å². The number of aliphatic carboxylic acids is 1. The molecule has 11 heavy (non-hydrogen) atoms. The summed E-state index contributed by atoms with van der Waals surface area (Å²) in [7, 11) is 1.02. The summed E-state index contributed by atoms with van der Waals surface area (Å²) in [5, 5.41) is 17.5. The van der Waals surface area contributed by atoms with E-state index in [4.69, 9.17) is 10.2 Å². The van der Waals surface area contributed by atoms with E-state index < -0.39 is 17.5 Å². The Hall–Kier alpha value is -1.10. The molecule has 0 amide bonds. The van der Waals surface area contributed by atoms with Crippen molar-refractivity contribution < 1.29 is 24.5 Å². The minimum Gasteiger partial charge on any atom is -0.479 e. The second-order valence-corrected chi connectivity index (χ2v) is 2.01. The van der Waals surface area contributed by atoms with Crippen LogP contribution in [0.15, 0.2) is 0 Å². The SMILES string of the molecule is CCC(O)(C(=O)O)C(=O)OC. The van der Waals surface area contributed by atoms with Crippen molar-refractivity contribution in [2.24, 2.45) is 0 Å². The van der Waals surface area contributed by atoms with Crippen molar-refractivity contribution >= 4 is 11.9 Å². The highest BCUT2D eigenvalue weighted by atomic mass is 16.5. The molecule has 0 aromatic carbocycles. The third kappa shape index (κ3) is 1.68. The lowest BCUT2D eigenvalue weighted by atomic mass is 10.0. The molecule has 0 bridgehead atoms. The van der Waals surface area contributed by atoms with Crippen LogP contribution in [-0.2, 0) is 14.3 Å². The number of ether oxygens (including phenoxy) is 1. The van der Waals surface area contributed by atoms with Crippen molar-refractivity contribution in [3.8, 4) is 0 Å². The van der Waals surface area contributed by atoms with Crippen molar-refractivity contribution in [1.29, 1.82) is 0 Å². The van der Waals surface area contributed by atoms with Crippen LogP contribution >= 0.6 is 0 Å². The number of carboxylic acid groups (broad SMARTS) is 1. The van der Waals surface area contributed by atoms with Gasteiger partial charge >= 0.3 is 11.9 Å². The van der Waals surface area contributed by atoms with E-state index in [1.807, 2.05) is 0 Å². The maximum absolute atomic E-state index is 10.7. The van der Waals surface area contributed by atoms with Crippen molar-refractivity contribution in [3.63, 3.8) is 0 Å². The topological polar surface area (TPSA) is 83.8 Å². The van der Waals surface area contributed by atoms with Gasteiger partial charge in [0.15, 0.2) is 0 Å². The van der Waals surface area contributed by atoms with Gasteiger partial charge in [0.05, 0.1) is 7.11 Å². The number of methoxy groups -OCH3 is 1. The molecule has 0 saturated carbocycles. The number of carbonyl (C=O) groups is 2. The smallest absolute Gasteiger partial charge is 0.349 e. The van der Waals surface area contributed by atoms with Gasteiger partial charge in [-0.25, -0.2) is 9.59 Å². The van der Waals surface area contributed by atoms with Crippen LogP contribution in [0.3, 0.4) is 0 Å². The summed E-state index contributed by atoms with van der Waals surface area (Å²) < 4.78 is 4.10. The molecule has 0 fully saturated rings. The summed E-state index contributed by atoms with van der Waals surface area (Å²) in [5.41, 5.74) is -2.39. The molecule has 0 spiro atoms. The number of hydrogen-bond donors (Lipinski definition) is 2. The molecule has 5 heteroatoms. The zero-order chi connectivity index (χ0) is 9.07. The molecule has 64 valence electrons. The van der Waals surface area contributed by atoms with Gasteiger partial charge in [-0.15, -0.1) is 0 Å². The summed E-state index contributed by atoms with van der Waals surface area (Å²) in [6.07, 6.45) is -0.213. The first-order chi connectivity index (χ1) is 4.99. The zero-order valence-corrected chi connectivity index (χ0v) is 6.33. The van der Waals surface area contributed by atoms with Crippen LogP contribution in [0.5, 0.6) is 0 Å². The molecular formula is C6H10O5. The molecule has 0 rings (SSSR count). The molecule has 0 aromatic heterocycles. The highest BCUT2D eigenvalue weighted by Gasteiger charge is 2.43. The summed E-state index contributed by atoms with van der Waals surface area (Å²) >= 11 is 0. The molecule has 0 aliphatic rings. The molecule has 1 unspecified atom stereocenters. The highest BCUT2D eigenvalue weighted by Crippen LogP contribution is 2.11. The van der Waals surface area contributed by atoms with Gasteiger partial charge in [-0.1, -0.05) is 6.92 Å². The molecule has 0 aliphatic heterocycles. The predicted octanol–water partition coefficient (Wildman–Crippen LogP) is -0.615. The Morgan fingerprint density at radius 1 is 1.55 bits per heavy atom. The van der Waals surface area contributed by atoms with Gasteiger partial charge in [0.25, 0.3) is 5.60 Å². The lowest BCUT2D eigenvalue weighted by Crippen LogP contribution is -2.46. The first-order valence-corrected chi connectivity index (χ1v) is 3.03. The van der Waals surface area contributed by atoms with Gasteiger partial charge in [-0.2, -0.15) is 0 Å². The second kappa shape index (κ2) is 3.34. The van der Waals surface area contributed by atoms with Crippen molar-refractivity contribution in [2.45, 2.75) is 18.9 Å². The number of esters is 1. The van der Waals surface area contributed by atoms with E-state index in [-0.39, 0.29) is 6.42 Å². The normalized spacial score (nSPS) is 15.2. The Kier molecular flexibility index (Phi) is 3.00. The Morgan fingerprint density at radius 3 is 2.09 bits per heavy atom. The number of hydrogen-bond acceptors (Lipinski definition) is 4. The van der Waals surface area contributed by atoms with Crippen LogP contribution in [-0.4, -0.2) is 34.9 Å². The van der Waals surface area contributed by atoms with Gasteiger partial charge in [-0.05, 0) is 6.42 Å². The van der Waals surface area contributed by atoms with E-state index >= 15 is 0 Å². The fourth-order valence-electron chi connectivity index (χ4n) is 0.552. The summed E-state index contributed by atoms with van der Waals surface area (Å²) in [5.74, 6) is -2.74. The van der Waals surface area contributed by atoms with E-state index in [1.54, 1.807) is 0 Å². The summed E-state index contributed by atoms with van der Waals surface area (Å²) in [6, 6.07) is 0. The third-order valence-corrected chi connectivity index (χ3v) is 1.39. The van der Waals surface area contributed by atoms with Gasteiger partial charge in [0.2, 0.25) is 0 Å². The Bertz CT molecular complexity index is 176. The number of carbonyl (C=O) groups excluding carboxylic acids is 1.